The standard InChI is InChI=1S/C10H12FN5O/c11-9-5-8(6-13-7-9)10(17)14-3-1-2-4-15-16-12/h5-7H,1-4H2,(H,14,17). The van der Waals surface area contributed by atoms with Gasteiger partial charge in [-0.1, -0.05) is 5.11 Å². The van der Waals surface area contributed by atoms with Crippen molar-refractivity contribution in [3.8, 4) is 0 Å². The molecule has 1 rings (SSSR count). The van der Waals surface area contributed by atoms with Crippen molar-refractivity contribution in [1.29, 1.82) is 0 Å². The zero-order valence-corrected chi connectivity index (χ0v) is 9.14. The number of hydrogen-bond donors (Lipinski definition) is 1. The van der Waals surface area contributed by atoms with Crippen LogP contribution in [0.5, 0.6) is 0 Å². The molecule has 6 nitrogen and oxygen atoms in total. The Hall–Kier alpha value is -2.14. The Kier molecular flexibility index (Phi) is 5.46. The molecule has 0 aliphatic carbocycles. The molecule has 0 radical (unpaired) electrons. The largest absolute Gasteiger partial charge is 0.352 e. The molecule has 1 aromatic rings. The van der Waals surface area contributed by atoms with E-state index >= 15 is 0 Å². The van der Waals surface area contributed by atoms with E-state index in [1.165, 1.54) is 6.20 Å². The molecular formula is C10H12FN5O. The number of halogens is 1. The van der Waals surface area contributed by atoms with Crippen molar-refractivity contribution in [2.45, 2.75) is 12.8 Å². The van der Waals surface area contributed by atoms with E-state index in [0.717, 1.165) is 12.3 Å². The monoisotopic (exact) mass is 237 g/mol. The normalized spacial score (nSPS) is 9.47. The number of amides is 1. The van der Waals surface area contributed by atoms with E-state index in [1.54, 1.807) is 0 Å². The van der Waals surface area contributed by atoms with Gasteiger partial charge in [0, 0.05) is 24.2 Å². The zero-order valence-electron chi connectivity index (χ0n) is 9.14. The fourth-order valence-electron chi connectivity index (χ4n) is 1.19. The highest BCUT2D eigenvalue weighted by Crippen LogP contribution is 2.00. The maximum atomic E-state index is 12.8. The lowest BCUT2D eigenvalue weighted by Gasteiger charge is -2.03. The molecule has 7 heteroatoms. The van der Waals surface area contributed by atoms with Crippen LogP contribution in [0.25, 0.3) is 10.4 Å². The van der Waals surface area contributed by atoms with Gasteiger partial charge < -0.3 is 5.32 Å². The van der Waals surface area contributed by atoms with Crippen LogP contribution in [0.1, 0.15) is 23.2 Å². The lowest BCUT2D eigenvalue weighted by Crippen LogP contribution is -2.24. The number of carbonyl (C=O) groups excluding carboxylic acids is 1. The highest BCUT2D eigenvalue weighted by atomic mass is 19.1. The molecule has 0 aliphatic rings. The fraction of sp³-hybridized carbons (Fsp3) is 0.400. The van der Waals surface area contributed by atoms with Crippen LogP contribution in [0.3, 0.4) is 0 Å². The fourth-order valence-corrected chi connectivity index (χ4v) is 1.19. The van der Waals surface area contributed by atoms with E-state index in [2.05, 4.69) is 20.3 Å². The van der Waals surface area contributed by atoms with Gasteiger partial charge in [-0.2, -0.15) is 0 Å². The molecule has 0 atom stereocenters. The quantitative estimate of drug-likeness (QED) is 0.355. The Morgan fingerprint density at radius 3 is 3.06 bits per heavy atom. The highest BCUT2D eigenvalue weighted by Gasteiger charge is 2.05. The van der Waals surface area contributed by atoms with E-state index in [4.69, 9.17) is 5.53 Å². The zero-order chi connectivity index (χ0) is 12.5. The van der Waals surface area contributed by atoms with Crippen molar-refractivity contribution in [3.63, 3.8) is 0 Å². The Morgan fingerprint density at radius 1 is 1.53 bits per heavy atom. The van der Waals surface area contributed by atoms with Gasteiger partial charge in [0.15, 0.2) is 0 Å². The topological polar surface area (TPSA) is 90.8 Å². The van der Waals surface area contributed by atoms with Crippen molar-refractivity contribution in [2.24, 2.45) is 5.11 Å². The first kappa shape index (κ1) is 12.9. The minimum atomic E-state index is -0.541. The van der Waals surface area contributed by atoms with E-state index in [0.29, 0.717) is 25.9 Å². The Morgan fingerprint density at radius 2 is 2.35 bits per heavy atom. The molecule has 0 fully saturated rings. The summed E-state index contributed by atoms with van der Waals surface area (Å²) in [6, 6.07) is 1.13. The predicted molar refractivity (Wildman–Crippen MR) is 59.8 cm³/mol. The van der Waals surface area contributed by atoms with E-state index < -0.39 is 5.82 Å². The molecule has 90 valence electrons. The van der Waals surface area contributed by atoms with Crippen molar-refractivity contribution < 1.29 is 9.18 Å². The Balaban J connectivity index is 2.28. The number of aromatic nitrogens is 1. The predicted octanol–water partition coefficient (Wildman–Crippen LogP) is 2.04. The highest BCUT2D eigenvalue weighted by molar-refractivity contribution is 5.93. The summed E-state index contributed by atoms with van der Waals surface area (Å²) in [5.74, 6) is -0.901. The van der Waals surface area contributed by atoms with Gasteiger partial charge in [-0.15, -0.1) is 0 Å². The van der Waals surface area contributed by atoms with Crippen molar-refractivity contribution >= 4 is 5.91 Å². The van der Waals surface area contributed by atoms with Crippen LogP contribution in [0.15, 0.2) is 23.6 Å². The van der Waals surface area contributed by atoms with Crippen LogP contribution in [0.4, 0.5) is 4.39 Å². The smallest absolute Gasteiger partial charge is 0.252 e. The summed E-state index contributed by atoms with van der Waals surface area (Å²) in [5, 5.41) is 5.99. The number of nitrogens with one attached hydrogen (secondary N) is 1. The van der Waals surface area contributed by atoms with Crippen molar-refractivity contribution in [3.05, 3.63) is 40.3 Å². The van der Waals surface area contributed by atoms with Gasteiger partial charge >= 0.3 is 0 Å². The molecule has 0 saturated heterocycles. The number of azide groups is 1. The average molecular weight is 237 g/mol. The Bertz CT molecular complexity index is 430. The van der Waals surface area contributed by atoms with Crippen molar-refractivity contribution in [1.82, 2.24) is 10.3 Å². The molecule has 0 aromatic carbocycles. The van der Waals surface area contributed by atoms with Crippen molar-refractivity contribution in [2.75, 3.05) is 13.1 Å². The third-order valence-corrected chi connectivity index (χ3v) is 2.00. The summed E-state index contributed by atoms with van der Waals surface area (Å²) < 4.78 is 12.8. The maximum Gasteiger partial charge on any atom is 0.252 e. The lowest BCUT2D eigenvalue weighted by molar-refractivity contribution is 0.0952. The summed E-state index contributed by atoms with van der Waals surface area (Å²) in [5.41, 5.74) is 8.23. The van der Waals surface area contributed by atoms with Gasteiger partial charge in [0.2, 0.25) is 0 Å². The summed E-state index contributed by atoms with van der Waals surface area (Å²) in [4.78, 5) is 17.7. The SMILES string of the molecule is [N-]=[N+]=NCCCCNC(=O)c1cncc(F)c1. The number of nitrogens with zero attached hydrogens (tertiary/aromatic N) is 4. The molecular weight excluding hydrogens is 225 g/mol. The van der Waals surface area contributed by atoms with Crippen LogP contribution >= 0.6 is 0 Å². The molecule has 0 bridgehead atoms. The molecule has 0 spiro atoms. The minimum absolute atomic E-state index is 0.194. The average Bonchev–Trinajstić information content (AvgIpc) is 2.33. The number of unbranched alkanes of at least 4 members (excludes halogenated alkanes) is 1. The van der Waals surface area contributed by atoms with E-state index in [1.807, 2.05) is 0 Å². The molecule has 1 amide bonds. The first-order chi connectivity index (χ1) is 8.24. The number of rotatable bonds is 6. The minimum Gasteiger partial charge on any atom is -0.352 e. The van der Waals surface area contributed by atoms with E-state index in [-0.39, 0.29) is 11.5 Å². The second-order valence-electron chi connectivity index (χ2n) is 3.31. The molecule has 0 aliphatic heterocycles. The maximum absolute atomic E-state index is 12.8. The molecule has 1 heterocycles. The molecule has 0 unspecified atom stereocenters. The second kappa shape index (κ2) is 7.19. The molecule has 1 N–H and O–H groups in total. The van der Waals surface area contributed by atoms with Crippen LogP contribution in [-0.2, 0) is 0 Å². The third kappa shape index (κ3) is 4.94. The summed E-state index contributed by atoms with van der Waals surface area (Å²) in [7, 11) is 0. The second-order valence-corrected chi connectivity index (χ2v) is 3.31. The van der Waals surface area contributed by atoms with Gasteiger partial charge in [0.25, 0.3) is 5.91 Å². The number of carbonyl (C=O) groups is 1. The van der Waals surface area contributed by atoms with Crippen LogP contribution in [-0.4, -0.2) is 24.0 Å². The molecule has 0 saturated carbocycles. The third-order valence-electron chi connectivity index (χ3n) is 2.00. The molecule has 1 aromatic heterocycles. The summed E-state index contributed by atoms with van der Waals surface area (Å²) >= 11 is 0. The number of hydrogen-bond acceptors (Lipinski definition) is 3. The van der Waals surface area contributed by atoms with Crippen LogP contribution in [0, 0.1) is 5.82 Å². The van der Waals surface area contributed by atoms with Gasteiger partial charge in [-0.05, 0) is 24.4 Å². The first-order valence-corrected chi connectivity index (χ1v) is 5.13. The lowest BCUT2D eigenvalue weighted by atomic mass is 10.2. The van der Waals surface area contributed by atoms with Gasteiger partial charge in [0.1, 0.15) is 5.82 Å². The van der Waals surface area contributed by atoms with Gasteiger partial charge in [-0.3, -0.25) is 9.78 Å². The van der Waals surface area contributed by atoms with Gasteiger partial charge in [-0.25, -0.2) is 4.39 Å². The molecule has 17 heavy (non-hydrogen) atoms. The van der Waals surface area contributed by atoms with Gasteiger partial charge in [0.05, 0.1) is 11.8 Å². The van der Waals surface area contributed by atoms with Crippen LogP contribution < -0.4 is 5.32 Å². The first-order valence-electron chi connectivity index (χ1n) is 5.13. The Labute approximate surface area is 97.5 Å². The van der Waals surface area contributed by atoms with Crippen LogP contribution in [0.2, 0.25) is 0 Å². The summed E-state index contributed by atoms with van der Waals surface area (Å²) in [6.07, 6.45) is 3.74. The summed E-state index contributed by atoms with van der Waals surface area (Å²) in [6.45, 7) is 0.865. The number of pyridine rings is 1. The van der Waals surface area contributed by atoms with E-state index in [9.17, 15) is 9.18 Å².